The zero-order valence-electron chi connectivity index (χ0n) is 8.20. The predicted molar refractivity (Wildman–Crippen MR) is 47.5 cm³/mol. The molecule has 1 saturated heterocycles. The molecule has 1 aliphatic heterocycles. The Balaban J connectivity index is 2.54. The van der Waals surface area contributed by atoms with Crippen LogP contribution in [-0.4, -0.2) is 41.1 Å². The fourth-order valence-corrected chi connectivity index (χ4v) is 1.48. The number of halogens is 3. The Hall–Kier alpha value is -1.53. The highest BCUT2D eigenvalue weighted by atomic mass is 19.4. The zero-order valence-corrected chi connectivity index (χ0v) is 8.20. The van der Waals surface area contributed by atoms with Gasteiger partial charge >= 0.3 is 12.1 Å². The molecule has 1 heterocycles. The lowest BCUT2D eigenvalue weighted by Gasteiger charge is -2.16. The number of carbonyl (C=O) groups excluding carboxylic acids is 1. The molecule has 0 aromatic carbocycles. The number of carboxylic acid groups (broad SMARTS) is 1. The van der Waals surface area contributed by atoms with Gasteiger partial charge in [-0.1, -0.05) is 0 Å². The van der Waals surface area contributed by atoms with Gasteiger partial charge in [0.15, 0.2) is 0 Å². The number of hydrogen-bond donors (Lipinski definition) is 1. The average molecular weight is 237 g/mol. The minimum absolute atomic E-state index is 0.00691. The number of hydrogen-bond acceptors (Lipinski definition) is 2. The Morgan fingerprint density at radius 3 is 2.38 bits per heavy atom. The molecule has 1 fully saturated rings. The van der Waals surface area contributed by atoms with Gasteiger partial charge < -0.3 is 10.0 Å². The van der Waals surface area contributed by atoms with E-state index in [4.69, 9.17) is 5.11 Å². The van der Waals surface area contributed by atoms with Crippen molar-refractivity contribution in [2.45, 2.75) is 12.6 Å². The van der Waals surface area contributed by atoms with Crippen LogP contribution in [-0.2, 0) is 9.59 Å². The van der Waals surface area contributed by atoms with Crippen molar-refractivity contribution in [1.82, 2.24) is 4.90 Å². The minimum atomic E-state index is -4.30. The minimum Gasteiger partial charge on any atom is -0.478 e. The molecule has 1 amide bonds. The van der Waals surface area contributed by atoms with E-state index in [0.717, 1.165) is 11.0 Å². The molecule has 1 unspecified atom stereocenters. The van der Waals surface area contributed by atoms with Gasteiger partial charge in [0.05, 0.1) is 5.92 Å². The molecule has 16 heavy (non-hydrogen) atoms. The second-order valence-corrected chi connectivity index (χ2v) is 3.48. The second kappa shape index (κ2) is 4.54. The van der Waals surface area contributed by atoms with Gasteiger partial charge in [-0.3, -0.25) is 4.79 Å². The molecule has 0 aromatic rings. The van der Waals surface area contributed by atoms with Crippen LogP contribution in [0.4, 0.5) is 13.2 Å². The molecule has 0 radical (unpaired) electrons. The first-order valence-corrected chi connectivity index (χ1v) is 4.57. The largest absolute Gasteiger partial charge is 0.478 e. The molecule has 1 atom stereocenters. The van der Waals surface area contributed by atoms with Crippen LogP contribution in [0.25, 0.3) is 0 Å². The van der Waals surface area contributed by atoms with Gasteiger partial charge in [-0.15, -0.1) is 0 Å². The van der Waals surface area contributed by atoms with Crippen LogP contribution in [0.2, 0.25) is 0 Å². The highest BCUT2D eigenvalue weighted by Gasteiger charge is 2.44. The number of carbonyl (C=O) groups is 2. The summed E-state index contributed by atoms with van der Waals surface area (Å²) in [5, 5.41) is 8.25. The highest BCUT2D eigenvalue weighted by Crippen LogP contribution is 2.33. The van der Waals surface area contributed by atoms with Crippen LogP contribution in [0.3, 0.4) is 0 Å². The molecular formula is C9H10F3NO3. The lowest BCUT2D eigenvalue weighted by atomic mass is 10.1. The van der Waals surface area contributed by atoms with Crippen LogP contribution in [0.15, 0.2) is 12.2 Å². The lowest BCUT2D eigenvalue weighted by Crippen LogP contribution is -2.30. The van der Waals surface area contributed by atoms with Crippen molar-refractivity contribution in [3.8, 4) is 0 Å². The fraction of sp³-hybridized carbons (Fsp3) is 0.556. The third-order valence-electron chi connectivity index (χ3n) is 2.33. The van der Waals surface area contributed by atoms with Crippen molar-refractivity contribution >= 4 is 11.9 Å². The number of likely N-dealkylation sites (tertiary alicyclic amines) is 1. The molecule has 1 aliphatic rings. The normalized spacial score (nSPS) is 21.7. The summed E-state index contributed by atoms with van der Waals surface area (Å²) in [6.07, 6.45) is -3.05. The fourth-order valence-electron chi connectivity index (χ4n) is 1.48. The molecule has 4 nitrogen and oxygen atoms in total. The summed E-state index contributed by atoms with van der Waals surface area (Å²) in [5.74, 6) is -3.51. The van der Waals surface area contributed by atoms with Gasteiger partial charge in [-0.05, 0) is 6.42 Å². The maximum atomic E-state index is 12.3. The number of aliphatic carboxylic acids is 1. The summed E-state index contributed by atoms with van der Waals surface area (Å²) in [5.41, 5.74) is 0. The molecular weight excluding hydrogens is 227 g/mol. The monoisotopic (exact) mass is 237 g/mol. The summed E-state index contributed by atoms with van der Waals surface area (Å²) in [7, 11) is 0. The van der Waals surface area contributed by atoms with Crippen LogP contribution in [0, 0.1) is 5.92 Å². The summed E-state index contributed by atoms with van der Waals surface area (Å²) in [6, 6.07) is 0. The van der Waals surface area contributed by atoms with E-state index in [1.54, 1.807) is 0 Å². The summed E-state index contributed by atoms with van der Waals surface area (Å²) in [4.78, 5) is 22.3. The molecule has 90 valence electrons. The van der Waals surface area contributed by atoms with E-state index in [0.29, 0.717) is 6.08 Å². The van der Waals surface area contributed by atoms with E-state index in [1.165, 1.54) is 0 Å². The number of nitrogens with zero attached hydrogens (tertiary/aromatic N) is 1. The molecule has 0 saturated carbocycles. The Labute approximate surface area is 89.3 Å². The van der Waals surface area contributed by atoms with Gasteiger partial charge in [0.25, 0.3) is 0 Å². The smallest absolute Gasteiger partial charge is 0.393 e. The number of rotatable bonds is 2. The van der Waals surface area contributed by atoms with E-state index < -0.39 is 30.5 Å². The second-order valence-electron chi connectivity index (χ2n) is 3.48. The Bertz CT molecular complexity index is 324. The van der Waals surface area contributed by atoms with Gasteiger partial charge in [0.2, 0.25) is 5.91 Å². The maximum Gasteiger partial charge on any atom is 0.393 e. The average Bonchev–Trinajstić information content (AvgIpc) is 2.61. The molecule has 7 heteroatoms. The Morgan fingerprint density at radius 2 is 1.94 bits per heavy atom. The van der Waals surface area contributed by atoms with Crippen molar-refractivity contribution in [1.29, 1.82) is 0 Å². The molecule has 1 N–H and O–H groups in total. The number of alkyl halides is 3. The van der Waals surface area contributed by atoms with E-state index >= 15 is 0 Å². The van der Waals surface area contributed by atoms with Gasteiger partial charge in [-0.2, -0.15) is 13.2 Å². The molecule has 0 bridgehead atoms. The topological polar surface area (TPSA) is 57.6 Å². The van der Waals surface area contributed by atoms with Gasteiger partial charge in [-0.25, -0.2) is 4.79 Å². The number of carboxylic acids is 1. The summed E-state index contributed by atoms with van der Waals surface area (Å²) >= 11 is 0. The third kappa shape index (κ3) is 3.25. The van der Waals surface area contributed by atoms with Crippen molar-refractivity contribution < 1.29 is 27.9 Å². The summed E-state index contributed by atoms with van der Waals surface area (Å²) in [6.45, 7) is -0.390. The third-order valence-corrected chi connectivity index (χ3v) is 2.33. The zero-order chi connectivity index (χ0) is 12.3. The molecule has 1 rings (SSSR count). The van der Waals surface area contributed by atoms with E-state index in [9.17, 15) is 22.8 Å². The first-order chi connectivity index (χ1) is 7.30. The quantitative estimate of drug-likeness (QED) is 0.730. The SMILES string of the molecule is O=C(O)/C=C/C(=O)N1CCC(C(F)(F)F)C1. The van der Waals surface area contributed by atoms with Crippen LogP contribution >= 0.6 is 0 Å². The Morgan fingerprint density at radius 1 is 1.31 bits per heavy atom. The molecule has 0 aromatic heterocycles. The standard InChI is InChI=1S/C9H10F3NO3/c10-9(11,12)6-3-4-13(5-6)7(14)1-2-8(15)16/h1-2,6H,3-5H2,(H,15,16)/b2-1+. The van der Waals surface area contributed by atoms with E-state index in [2.05, 4.69) is 0 Å². The lowest BCUT2D eigenvalue weighted by molar-refractivity contribution is -0.170. The van der Waals surface area contributed by atoms with Crippen molar-refractivity contribution in [3.05, 3.63) is 12.2 Å². The highest BCUT2D eigenvalue weighted by molar-refractivity contribution is 5.94. The van der Waals surface area contributed by atoms with Crippen LogP contribution < -0.4 is 0 Å². The molecule has 0 aliphatic carbocycles. The van der Waals surface area contributed by atoms with Crippen molar-refractivity contribution in [3.63, 3.8) is 0 Å². The van der Waals surface area contributed by atoms with E-state index in [-0.39, 0.29) is 13.0 Å². The molecule has 0 spiro atoms. The number of amides is 1. The Kier molecular flexibility index (Phi) is 3.56. The first-order valence-electron chi connectivity index (χ1n) is 4.57. The van der Waals surface area contributed by atoms with E-state index in [1.807, 2.05) is 0 Å². The predicted octanol–water partition coefficient (Wildman–Crippen LogP) is 1.04. The van der Waals surface area contributed by atoms with Crippen molar-refractivity contribution in [2.75, 3.05) is 13.1 Å². The van der Waals surface area contributed by atoms with Gasteiger partial charge in [0, 0.05) is 25.2 Å². The first kappa shape index (κ1) is 12.5. The van der Waals surface area contributed by atoms with Crippen LogP contribution in [0.1, 0.15) is 6.42 Å². The van der Waals surface area contributed by atoms with Gasteiger partial charge in [0.1, 0.15) is 0 Å². The van der Waals surface area contributed by atoms with Crippen LogP contribution in [0.5, 0.6) is 0 Å². The maximum absolute atomic E-state index is 12.3. The van der Waals surface area contributed by atoms with Crippen molar-refractivity contribution in [2.24, 2.45) is 5.92 Å². The summed E-state index contributed by atoms with van der Waals surface area (Å²) < 4.78 is 36.8.